The number of carbonyl (C=O) groups excluding carboxylic acids is 2. The standard InChI is InChI=1S/C25H31ClN2O3/c1-3-23(25(30)27-21-10-6-7-11-21)28(16-19-9-5-4-8-18(19)2)24(29)17-31-22-14-12-20(26)13-15-22/h4-5,8-9,12-15,21,23H,3,6-7,10-11,16-17H2,1-2H3,(H,27,30)/t23-/m0/s1. The van der Waals surface area contributed by atoms with Gasteiger partial charge >= 0.3 is 0 Å². The molecule has 0 bridgehead atoms. The first-order chi connectivity index (χ1) is 15.0. The van der Waals surface area contributed by atoms with Crippen LogP contribution in [0.5, 0.6) is 5.75 Å². The van der Waals surface area contributed by atoms with Crippen LogP contribution in [-0.2, 0) is 16.1 Å². The van der Waals surface area contributed by atoms with Crippen LogP contribution in [0.4, 0.5) is 0 Å². The van der Waals surface area contributed by atoms with Crippen molar-refractivity contribution in [3.05, 3.63) is 64.7 Å². The SMILES string of the molecule is CC[C@@H](C(=O)NC1CCCC1)N(Cc1ccccc1C)C(=O)COc1ccc(Cl)cc1. The summed E-state index contributed by atoms with van der Waals surface area (Å²) in [5.41, 5.74) is 2.11. The smallest absolute Gasteiger partial charge is 0.261 e. The molecule has 1 N–H and O–H groups in total. The lowest BCUT2D eigenvalue weighted by Gasteiger charge is -2.31. The Labute approximate surface area is 189 Å². The van der Waals surface area contributed by atoms with Crippen LogP contribution < -0.4 is 10.1 Å². The van der Waals surface area contributed by atoms with Crippen molar-refractivity contribution in [3.8, 4) is 5.75 Å². The van der Waals surface area contributed by atoms with Gasteiger partial charge in [0.15, 0.2) is 6.61 Å². The lowest BCUT2D eigenvalue weighted by atomic mass is 10.1. The highest BCUT2D eigenvalue weighted by Gasteiger charge is 2.31. The largest absolute Gasteiger partial charge is 0.484 e. The van der Waals surface area contributed by atoms with Gasteiger partial charge in [0.2, 0.25) is 5.91 Å². The van der Waals surface area contributed by atoms with Crippen LogP contribution in [0.2, 0.25) is 5.02 Å². The first-order valence-electron chi connectivity index (χ1n) is 11.0. The van der Waals surface area contributed by atoms with Gasteiger partial charge in [-0.25, -0.2) is 0 Å². The predicted molar refractivity (Wildman–Crippen MR) is 123 cm³/mol. The van der Waals surface area contributed by atoms with Gasteiger partial charge < -0.3 is 15.0 Å². The molecule has 0 radical (unpaired) electrons. The molecule has 0 heterocycles. The van der Waals surface area contributed by atoms with E-state index in [4.69, 9.17) is 16.3 Å². The van der Waals surface area contributed by atoms with Gasteiger partial charge in [0.1, 0.15) is 11.8 Å². The number of nitrogens with zero attached hydrogens (tertiary/aromatic N) is 1. The van der Waals surface area contributed by atoms with Gasteiger partial charge in [0, 0.05) is 17.6 Å². The van der Waals surface area contributed by atoms with Gasteiger partial charge in [0.25, 0.3) is 5.91 Å². The first kappa shape index (κ1) is 23.1. The summed E-state index contributed by atoms with van der Waals surface area (Å²) in [7, 11) is 0. The zero-order valence-corrected chi connectivity index (χ0v) is 19.0. The molecule has 0 aromatic heterocycles. The lowest BCUT2D eigenvalue weighted by molar-refractivity contribution is -0.143. The number of hydrogen-bond donors (Lipinski definition) is 1. The molecule has 2 aromatic carbocycles. The minimum Gasteiger partial charge on any atom is -0.484 e. The van der Waals surface area contributed by atoms with Crippen molar-refractivity contribution < 1.29 is 14.3 Å². The maximum atomic E-state index is 13.2. The molecule has 5 nitrogen and oxygen atoms in total. The average Bonchev–Trinajstić information content (AvgIpc) is 3.27. The molecule has 31 heavy (non-hydrogen) atoms. The quantitative estimate of drug-likeness (QED) is 0.601. The van der Waals surface area contributed by atoms with Gasteiger partial charge in [-0.15, -0.1) is 0 Å². The van der Waals surface area contributed by atoms with Crippen molar-refractivity contribution in [1.29, 1.82) is 0 Å². The molecule has 166 valence electrons. The molecule has 2 aromatic rings. The number of carbonyl (C=O) groups is 2. The van der Waals surface area contributed by atoms with Gasteiger partial charge in [0.05, 0.1) is 0 Å². The fourth-order valence-electron chi connectivity index (χ4n) is 4.02. The maximum absolute atomic E-state index is 13.2. The summed E-state index contributed by atoms with van der Waals surface area (Å²) in [4.78, 5) is 28.0. The Hall–Kier alpha value is -2.53. The van der Waals surface area contributed by atoms with Crippen molar-refractivity contribution >= 4 is 23.4 Å². The van der Waals surface area contributed by atoms with E-state index in [-0.39, 0.29) is 24.5 Å². The van der Waals surface area contributed by atoms with Crippen LogP contribution in [0.15, 0.2) is 48.5 Å². The number of aryl methyl sites for hydroxylation is 1. The van der Waals surface area contributed by atoms with E-state index in [1.807, 2.05) is 38.1 Å². The molecule has 6 heteroatoms. The number of hydrogen-bond acceptors (Lipinski definition) is 3. The van der Waals surface area contributed by atoms with E-state index in [1.54, 1.807) is 29.2 Å². The fourth-order valence-corrected chi connectivity index (χ4v) is 4.14. The summed E-state index contributed by atoms with van der Waals surface area (Å²) in [5.74, 6) is 0.270. The summed E-state index contributed by atoms with van der Waals surface area (Å²) in [6, 6.07) is 14.5. The van der Waals surface area contributed by atoms with Gasteiger partial charge in [-0.2, -0.15) is 0 Å². The Morgan fingerprint density at radius 2 is 1.81 bits per heavy atom. The third-order valence-electron chi connectivity index (χ3n) is 5.87. The van der Waals surface area contributed by atoms with Crippen molar-refractivity contribution in [1.82, 2.24) is 10.2 Å². The molecular formula is C25H31ClN2O3. The Morgan fingerprint density at radius 3 is 2.45 bits per heavy atom. The predicted octanol–water partition coefficient (Wildman–Crippen LogP) is 4.89. The highest BCUT2D eigenvalue weighted by atomic mass is 35.5. The van der Waals surface area contributed by atoms with Crippen LogP contribution in [-0.4, -0.2) is 35.4 Å². The second-order valence-corrected chi connectivity index (χ2v) is 8.54. The van der Waals surface area contributed by atoms with Crippen LogP contribution >= 0.6 is 11.6 Å². The van der Waals surface area contributed by atoms with Crippen LogP contribution in [0.1, 0.15) is 50.2 Å². The van der Waals surface area contributed by atoms with Crippen molar-refractivity contribution in [2.75, 3.05) is 6.61 Å². The van der Waals surface area contributed by atoms with E-state index >= 15 is 0 Å². The van der Waals surface area contributed by atoms with Crippen molar-refractivity contribution in [2.45, 2.75) is 64.6 Å². The number of nitrogens with one attached hydrogen (secondary N) is 1. The van der Waals surface area contributed by atoms with Crippen LogP contribution in [0.25, 0.3) is 0 Å². The third kappa shape index (κ3) is 6.47. The summed E-state index contributed by atoms with van der Waals surface area (Å²) in [6.07, 6.45) is 4.84. The number of halogens is 1. The second kappa shape index (κ2) is 11.2. The fraction of sp³-hybridized carbons (Fsp3) is 0.440. The van der Waals surface area contributed by atoms with E-state index in [2.05, 4.69) is 5.32 Å². The lowest BCUT2D eigenvalue weighted by Crippen LogP contribution is -2.52. The molecule has 1 saturated carbocycles. The number of rotatable bonds is 9. The van der Waals surface area contributed by atoms with E-state index < -0.39 is 6.04 Å². The Morgan fingerprint density at radius 1 is 1.13 bits per heavy atom. The molecular weight excluding hydrogens is 412 g/mol. The monoisotopic (exact) mass is 442 g/mol. The van der Waals surface area contributed by atoms with Gasteiger partial charge in [-0.3, -0.25) is 9.59 Å². The highest BCUT2D eigenvalue weighted by Crippen LogP contribution is 2.20. The number of benzene rings is 2. The molecule has 1 aliphatic carbocycles. The Kier molecular flexibility index (Phi) is 8.35. The van der Waals surface area contributed by atoms with Crippen molar-refractivity contribution in [2.24, 2.45) is 0 Å². The van der Waals surface area contributed by atoms with Gasteiger partial charge in [-0.1, -0.05) is 55.6 Å². The zero-order chi connectivity index (χ0) is 22.2. The number of ether oxygens (including phenoxy) is 1. The molecule has 0 spiro atoms. The molecule has 0 saturated heterocycles. The topological polar surface area (TPSA) is 58.6 Å². The molecule has 1 aliphatic rings. The van der Waals surface area contributed by atoms with E-state index in [0.29, 0.717) is 23.7 Å². The summed E-state index contributed by atoms with van der Waals surface area (Å²) in [6.45, 7) is 4.19. The minimum absolute atomic E-state index is 0.0807. The van der Waals surface area contributed by atoms with E-state index in [1.165, 1.54) is 0 Å². The molecule has 1 atom stereocenters. The summed E-state index contributed by atoms with van der Waals surface area (Å²) >= 11 is 5.92. The Bertz CT molecular complexity index is 879. The van der Waals surface area contributed by atoms with E-state index in [9.17, 15) is 9.59 Å². The average molecular weight is 443 g/mol. The summed E-state index contributed by atoms with van der Waals surface area (Å²) in [5, 5.41) is 3.76. The minimum atomic E-state index is -0.540. The zero-order valence-electron chi connectivity index (χ0n) is 18.3. The first-order valence-corrected chi connectivity index (χ1v) is 11.4. The second-order valence-electron chi connectivity index (χ2n) is 8.10. The Balaban J connectivity index is 1.76. The molecule has 3 rings (SSSR count). The number of amides is 2. The summed E-state index contributed by atoms with van der Waals surface area (Å²) < 4.78 is 5.70. The van der Waals surface area contributed by atoms with E-state index in [0.717, 1.165) is 36.8 Å². The molecule has 2 amide bonds. The van der Waals surface area contributed by atoms with Crippen molar-refractivity contribution in [3.63, 3.8) is 0 Å². The third-order valence-corrected chi connectivity index (χ3v) is 6.12. The molecule has 0 aliphatic heterocycles. The highest BCUT2D eigenvalue weighted by molar-refractivity contribution is 6.30. The normalized spacial score (nSPS) is 14.8. The van der Waals surface area contributed by atoms with Crippen LogP contribution in [0.3, 0.4) is 0 Å². The molecule has 1 fully saturated rings. The van der Waals surface area contributed by atoms with Gasteiger partial charge in [-0.05, 0) is 61.6 Å². The molecule has 0 unspecified atom stereocenters. The maximum Gasteiger partial charge on any atom is 0.261 e. The van der Waals surface area contributed by atoms with Crippen LogP contribution in [0, 0.1) is 6.92 Å².